The average molecular weight is 286 g/mol. The van der Waals surface area contributed by atoms with Gasteiger partial charge in [0.25, 0.3) is 0 Å². The molecule has 0 radical (unpaired) electrons. The number of ether oxygens (including phenoxy) is 1. The first-order chi connectivity index (χ1) is 7.75. The Morgan fingerprint density at radius 3 is 3.12 bits per heavy atom. The zero-order valence-corrected chi connectivity index (χ0v) is 10.3. The van der Waals surface area contributed by atoms with E-state index in [0.29, 0.717) is 12.2 Å². The molecule has 1 aromatic carbocycles. The van der Waals surface area contributed by atoms with E-state index < -0.39 is 0 Å². The standard InChI is InChI=1S/C12H13BrFNO/c13-10-2-4-12(14)9(7-10)1-3-11-8-16-6-5-15-11/h1-4,7,11,15H,5-6,8H2/b3-1+. The van der Waals surface area contributed by atoms with Gasteiger partial charge in [-0.2, -0.15) is 0 Å². The van der Waals surface area contributed by atoms with E-state index in [9.17, 15) is 4.39 Å². The predicted molar refractivity (Wildman–Crippen MR) is 65.7 cm³/mol. The zero-order chi connectivity index (χ0) is 11.4. The molecule has 1 atom stereocenters. The van der Waals surface area contributed by atoms with Crippen LogP contribution >= 0.6 is 15.9 Å². The fourth-order valence-electron chi connectivity index (χ4n) is 1.57. The van der Waals surface area contributed by atoms with Crippen molar-refractivity contribution in [2.24, 2.45) is 0 Å². The van der Waals surface area contributed by atoms with E-state index in [-0.39, 0.29) is 11.9 Å². The molecule has 1 fully saturated rings. The number of morpholine rings is 1. The number of hydrogen-bond donors (Lipinski definition) is 1. The third-order valence-corrected chi connectivity index (χ3v) is 2.91. The van der Waals surface area contributed by atoms with Crippen molar-refractivity contribution in [2.75, 3.05) is 19.8 Å². The molecule has 0 spiro atoms. The van der Waals surface area contributed by atoms with E-state index in [1.54, 1.807) is 18.2 Å². The Labute approximate surface area is 103 Å². The first-order valence-corrected chi connectivity index (χ1v) is 5.99. The van der Waals surface area contributed by atoms with Crippen molar-refractivity contribution in [2.45, 2.75) is 6.04 Å². The first-order valence-electron chi connectivity index (χ1n) is 5.20. The van der Waals surface area contributed by atoms with Crippen LogP contribution in [0.25, 0.3) is 6.08 Å². The Morgan fingerprint density at radius 1 is 1.50 bits per heavy atom. The maximum Gasteiger partial charge on any atom is 0.130 e. The number of rotatable bonds is 2. The van der Waals surface area contributed by atoms with Gasteiger partial charge in [-0.15, -0.1) is 0 Å². The molecule has 86 valence electrons. The summed E-state index contributed by atoms with van der Waals surface area (Å²) in [6.07, 6.45) is 3.72. The summed E-state index contributed by atoms with van der Waals surface area (Å²) >= 11 is 3.32. The highest BCUT2D eigenvalue weighted by Crippen LogP contribution is 2.17. The lowest BCUT2D eigenvalue weighted by Crippen LogP contribution is -2.39. The third-order valence-electron chi connectivity index (χ3n) is 2.42. The van der Waals surface area contributed by atoms with Gasteiger partial charge >= 0.3 is 0 Å². The molecule has 1 aliphatic rings. The number of halogens is 2. The summed E-state index contributed by atoms with van der Waals surface area (Å²) < 4.78 is 19.6. The largest absolute Gasteiger partial charge is 0.378 e. The van der Waals surface area contributed by atoms with Crippen molar-refractivity contribution in [3.05, 3.63) is 40.1 Å². The van der Waals surface area contributed by atoms with Crippen LogP contribution in [0.2, 0.25) is 0 Å². The van der Waals surface area contributed by atoms with Crippen LogP contribution in [0.15, 0.2) is 28.7 Å². The van der Waals surface area contributed by atoms with Gasteiger partial charge in [0, 0.05) is 22.6 Å². The Bertz CT molecular complexity index is 389. The molecule has 0 aromatic heterocycles. The SMILES string of the molecule is Fc1ccc(Br)cc1/C=C/C1COCCN1. The smallest absolute Gasteiger partial charge is 0.130 e. The highest BCUT2D eigenvalue weighted by Gasteiger charge is 2.09. The van der Waals surface area contributed by atoms with E-state index in [2.05, 4.69) is 21.2 Å². The second-order valence-electron chi connectivity index (χ2n) is 3.66. The van der Waals surface area contributed by atoms with Gasteiger partial charge in [0.15, 0.2) is 0 Å². The maximum atomic E-state index is 13.4. The fourth-order valence-corrected chi connectivity index (χ4v) is 1.95. The molecule has 4 heteroatoms. The van der Waals surface area contributed by atoms with Gasteiger partial charge in [0.05, 0.1) is 13.2 Å². The monoisotopic (exact) mass is 285 g/mol. The van der Waals surface area contributed by atoms with Crippen molar-refractivity contribution in [3.63, 3.8) is 0 Å². The molecule has 1 aromatic rings. The predicted octanol–water partition coefficient (Wildman–Crippen LogP) is 2.59. The minimum Gasteiger partial charge on any atom is -0.378 e. The molecule has 2 rings (SSSR count). The van der Waals surface area contributed by atoms with E-state index in [1.165, 1.54) is 6.07 Å². The summed E-state index contributed by atoms with van der Waals surface area (Å²) in [5.74, 6) is -0.212. The summed E-state index contributed by atoms with van der Waals surface area (Å²) in [7, 11) is 0. The lowest BCUT2D eigenvalue weighted by molar-refractivity contribution is 0.0903. The van der Waals surface area contributed by atoms with Crippen LogP contribution in [0.1, 0.15) is 5.56 Å². The normalized spacial score (nSPS) is 21.5. The van der Waals surface area contributed by atoms with Gasteiger partial charge in [-0.05, 0) is 18.2 Å². The summed E-state index contributed by atoms with van der Waals surface area (Å²) in [4.78, 5) is 0. The van der Waals surface area contributed by atoms with Gasteiger partial charge in [0.2, 0.25) is 0 Å². The van der Waals surface area contributed by atoms with Crippen LogP contribution < -0.4 is 5.32 Å². The molecule has 0 saturated carbocycles. The van der Waals surface area contributed by atoms with Crippen molar-refractivity contribution in [1.29, 1.82) is 0 Å². The minimum atomic E-state index is -0.212. The van der Waals surface area contributed by atoms with Gasteiger partial charge in [0.1, 0.15) is 5.82 Å². The topological polar surface area (TPSA) is 21.3 Å². The van der Waals surface area contributed by atoms with Gasteiger partial charge in [-0.1, -0.05) is 28.1 Å². The second kappa shape index (κ2) is 5.57. The maximum absolute atomic E-state index is 13.4. The molecule has 1 aliphatic heterocycles. The molecule has 2 nitrogen and oxygen atoms in total. The molecule has 1 N–H and O–H groups in total. The highest BCUT2D eigenvalue weighted by atomic mass is 79.9. The molecule has 16 heavy (non-hydrogen) atoms. The molecule has 1 heterocycles. The minimum absolute atomic E-state index is 0.173. The molecule has 0 bridgehead atoms. The summed E-state index contributed by atoms with van der Waals surface area (Å²) in [5, 5.41) is 3.28. The first kappa shape index (κ1) is 11.8. The van der Waals surface area contributed by atoms with Crippen LogP contribution in [0.4, 0.5) is 4.39 Å². The van der Waals surface area contributed by atoms with E-state index in [1.807, 2.05) is 6.08 Å². The highest BCUT2D eigenvalue weighted by molar-refractivity contribution is 9.10. The molecule has 0 aliphatic carbocycles. The van der Waals surface area contributed by atoms with Crippen molar-refractivity contribution in [1.82, 2.24) is 5.32 Å². The van der Waals surface area contributed by atoms with Crippen LogP contribution in [-0.4, -0.2) is 25.8 Å². The fraction of sp³-hybridized carbons (Fsp3) is 0.333. The molecular weight excluding hydrogens is 273 g/mol. The van der Waals surface area contributed by atoms with Crippen LogP contribution in [0.3, 0.4) is 0 Å². The Morgan fingerprint density at radius 2 is 2.38 bits per heavy atom. The Balaban J connectivity index is 2.07. The number of hydrogen-bond acceptors (Lipinski definition) is 2. The molecular formula is C12H13BrFNO. The molecule has 0 amide bonds. The van der Waals surface area contributed by atoms with E-state index in [4.69, 9.17) is 4.74 Å². The van der Waals surface area contributed by atoms with Crippen LogP contribution in [0.5, 0.6) is 0 Å². The zero-order valence-electron chi connectivity index (χ0n) is 8.75. The third kappa shape index (κ3) is 3.14. The van der Waals surface area contributed by atoms with Crippen molar-refractivity contribution < 1.29 is 9.13 Å². The lowest BCUT2D eigenvalue weighted by atomic mass is 10.1. The Hall–Kier alpha value is -0.710. The van der Waals surface area contributed by atoms with E-state index >= 15 is 0 Å². The Kier molecular flexibility index (Phi) is 4.09. The van der Waals surface area contributed by atoms with Crippen LogP contribution in [-0.2, 0) is 4.74 Å². The van der Waals surface area contributed by atoms with Gasteiger partial charge in [-0.3, -0.25) is 0 Å². The summed E-state index contributed by atoms with van der Waals surface area (Å²) in [6.45, 7) is 2.23. The van der Waals surface area contributed by atoms with Crippen LogP contribution in [0, 0.1) is 5.82 Å². The summed E-state index contributed by atoms with van der Waals surface area (Å²) in [5.41, 5.74) is 0.585. The lowest BCUT2D eigenvalue weighted by Gasteiger charge is -2.20. The summed E-state index contributed by atoms with van der Waals surface area (Å²) in [6, 6.07) is 5.07. The molecule has 1 saturated heterocycles. The van der Waals surface area contributed by atoms with Crippen molar-refractivity contribution in [3.8, 4) is 0 Å². The van der Waals surface area contributed by atoms with Gasteiger partial charge in [-0.25, -0.2) is 4.39 Å². The number of benzene rings is 1. The van der Waals surface area contributed by atoms with Crippen molar-refractivity contribution >= 4 is 22.0 Å². The second-order valence-corrected chi connectivity index (χ2v) is 4.58. The number of nitrogens with one attached hydrogen (secondary N) is 1. The van der Waals surface area contributed by atoms with E-state index in [0.717, 1.165) is 17.6 Å². The average Bonchev–Trinajstić information content (AvgIpc) is 2.32. The molecule has 1 unspecified atom stereocenters. The van der Waals surface area contributed by atoms with Gasteiger partial charge < -0.3 is 10.1 Å². The quantitative estimate of drug-likeness (QED) is 0.902.